The third kappa shape index (κ3) is 2.96. The van der Waals surface area contributed by atoms with Crippen LogP contribution in [-0.4, -0.2) is 38.4 Å². The second-order valence-corrected chi connectivity index (χ2v) is 3.67. The van der Waals surface area contributed by atoms with Gasteiger partial charge in [-0.3, -0.25) is 4.79 Å². The van der Waals surface area contributed by atoms with Crippen molar-refractivity contribution in [2.24, 2.45) is 0 Å². The zero-order chi connectivity index (χ0) is 10.4. The van der Waals surface area contributed by atoms with E-state index < -0.39 is 0 Å². The molecule has 0 radical (unpaired) electrons. The summed E-state index contributed by atoms with van der Waals surface area (Å²) in [7, 11) is 1.87. The Morgan fingerprint density at radius 1 is 1.64 bits per heavy atom. The standard InChI is InChI=1S/C10H19NO3/c1-3-14-9(12)7-10(11-2)5-4-6-13-8-10/h11H,3-8H2,1-2H3. The molecule has 1 aliphatic heterocycles. The zero-order valence-corrected chi connectivity index (χ0v) is 8.97. The molecular weight excluding hydrogens is 182 g/mol. The lowest BCUT2D eigenvalue weighted by Gasteiger charge is -2.35. The molecular formula is C10H19NO3. The van der Waals surface area contributed by atoms with Gasteiger partial charge in [-0.15, -0.1) is 0 Å². The van der Waals surface area contributed by atoms with Crippen molar-refractivity contribution in [3.8, 4) is 0 Å². The molecule has 4 nitrogen and oxygen atoms in total. The van der Waals surface area contributed by atoms with E-state index in [1.165, 1.54) is 0 Å². The molecule has 0 aromatic carbocycles. The Morgan fingerprint density at radius 2 is 2.43 bits per heavy atom. The maximum atomic E-state index is 11.4. The van der Waals surface area contributed by atoms with Crippen LogP contribution in [0.4, 0.5) is 0 Å². The van der Waals surface area contributed by atoms with E-state index in [0.717, 1.165) is 19.4 Å². The van der Waals surface area contributed by atoms with Crippen molar-refractivity contribution in [3.63, 3.8) is 0 Å². The molecule has 0 aromatic heterocycles. The highest BCUT2D eigenvalue weighted by Crippen LogP contribution is 2.22. The third-order valence-electron chi connectivity index (χ3n) is 2.64. The zero-order valence-electron chi connectivity index (χ0n) is 8.97. The van der Waals surface area contributed by atoms with E-state index in [0.29, 0.717) is 19.6 Å². The largest absolute Gasteiger partial charge is 0.466 e. The van der Waals surface area contributed by atoms with Gasteiger partial charge in [0.25, 0.3) is 0 Å². The smallest absolute Gasteiger partial charge is 0.307 e. The summed E-state index contributed by atoms with van der Waals surface area (Å²) in [6.45, 7) is 3.66. The topological polar surface area (TPSA) is 47.6 Å². The maximum absolute atomic E-state index is 11.4. The van der Waals surface area contributed by atoms with E-state index in [9.17, 15) is 4.79 Å². The van der Waals surface area contributed by atoms with E-state index in [1.54, 1.807) is 0 Å². The van der Waals surface area contributed by atoms with Crippen molar-refractivity contribution < 1.29 is 14.3 Å². The second-order valence-electron chi connectivity index (χ2n) is 3.67. The highest BCUT2D eigenvalue weighted by atomic mass is 16.5. The number of ether oxygens (including phenoxy) is 2. The van der Waals surface area contributed by atoms with Crippen LogP contribution in [0.3, 0.4) is 0 Å². The average Bonchev–Trinajstić information content (AvgIpc) is 2.19. The Balaban J connectivity index is 2.47. The summed E-state index contributed by atoms with van der Waals surface area (Å²) in [4.78, 5) is 11.4. The van der Waals surface area contributed by atoms with Crippen molar-refractivity contribution in [1.29, 1.82) is 0 Å². The van der Waals surface area contributed by atoms with Crippen molar-refractivity contribution in [1.82, 2.24) is 5.32 Å². The van der Waals surface area contributed by atoms with E-state index in [-0.39, 0.29) is 11.5 Å². The van der Waals surface area contributed by atoms with Crippen LogP contribution >= 0.6 is 0 Å². The SMILES string of the molecule is CCOC(=O)CC1(NC)CCCOC1. The number of rotatable bonds is 4. The van der Waals surface area contributed by atoms with Crippen LogP contribution in [0.15, 0.2) is 0 Å². The van der Waals surface area contributed by atoms with Gasteiger partial charge in [-0.2, -0.15) is 0 Å². The van der Waals surface area contributed by atoms with Crippen molar-refractivity contribution in [2.75, 3.05) is 26.9 Å². The molecule has 0 aromatic rings. The van der Waals surface area contributed by atoms with Gasteiger partial charge in [0, 0.05) is 6.61 Å². The lowest BCUT2D eigenvalue weighted by Crippen LogP contribution is -2.51. The molecule has 14 heavy (non-hydrogen) atoms. The van der Waals surface area contributed by atoms with Gasteiger partial charge in [0.05, 0.1) is 25.2 Å². The first-order chi connectivity index (χ1) is 6.72. The summed E-state index contributed by atoms with van der Waals surface area (Å²) < 4.78 is 10.3. The van der Waals surface area contributed by atoms with Crippen molar-refractivity contribution in [3.05, 3.63) is 0 Å². The third-order valence-corrected chi connectivity index (χ3v) is 2.64. The number of esters is 1. The van der Waals surface area contributed by atoms with Gasteiger partial charge in [0.2, 0.25) is 0 Å². The minimum absolute atomic E-state index is 0.146. The van der Waals surface area contributed by atoms with Gasteiger partial charge in [0.1, 0.15) is 0 Å². The molecule has 4 heteroatoms. The van der Waals surface area contributed by atoms with E-state index in [2.05, 4.69) is 5.32 Å². The number of nitrogens with one attached hydrogen (secondary N) is 1. The Bertz CT molecular complexity index is 188. The molecule has 0 amide bonds. The van der Waals surface area contributed by atoms with Crippen LogP contribution in [0.2, 0.25) is 0 Å². The first-order valence-corrected chi connectivity index (χ1v) is 5.15. The van der Waals surface area contributed by atoms with E-state index in [1.807, 2.05) is 14.0 Å². The van der Waals surface area contributed by atoms with E-state index in [4.69, 9.17) is 9.47 Å². The second kappa shape index (κ2) is 5.32. The molecule has 1 rings (SSSR count). The summed E-state index contributed by atoms with van der Waals surface area (Å²) in [5.41, 5.74) is -0.204. The van der Waals surface area contributed by atoms with Gasteiger partial charge in [-0.1, -0.05) is 0 Å². The molecule has 1 unspecified atom stereocenters. The molecule has 1 saturated heterocycles. The minimum Gasteiger partial charge on any atom is -0.466 e. The van der Waals surface area contributed by atoms with Gasteiger partial charge in [0.15, 0.2) is 0 Å². The quantitative estimate of drug-likeness (QED) is 0.680. The van der Waals surface area contributed by atoms with Gasteiger partial charge < -0.3 is 14.8 Å². The van der Waals surface area contributed by atoms with Crippen LogP contribution in [0, 0.1) is 0 Å². The molecule has 1 N–H and O–H groups in total. The fraction of sp³-hybridized carbons (Fsp3) is 0.900. The molecule has 82 valence electrons. The number of hydrogen-bond donors (Lipinski definition) is 1. The molecule has 1 fully saturated rings. The Hall–Kier alpha value is -0.610. The van der Waals surface area contributed by atoms with Crippen molar-refractivity contribution >= 4 is 5.97 Å². The summed E-state index contributed by atoms with van der Waals surface area (Å²) in [5, 5.41) is 3.18. The monoisotopic (exact) mass is 201 g/mol. The highest BCUT2D eigenvalue weighted by molar-refractivity contribution is 5.71. The fourth-order valence-electron chi connectivity index (χ4n) is 1.77. The Kier molecular flexibility index (Phi) is 4.35. The van der Waals surface area contributed by atoms with Gasteiger partial charge >= 0.3 is 5.97 Å². The van der Waals surface area contributed by atoms with Crippen LogP contribution in [0.5, 0.6) is 0 Å². The molecule has 1 aliphatic rings. The summed E-state index contributed by atoms with van der Waals surface area (Å²) in [6, 6.07) is 0. The molecule has 0 bridgehead atoms. The van der Waals surface area contributed by atoms with Gasteiger partial charge in [-0.05, 0) is 26.8 Å². The summed E-state index contributed by atoms with van der Waals surface area (Å²) in [5.74, 6) is -0.146. The molecule has 0 spiro atoms. The van der Waals surface area contributed by atoms with Crippen molar-refractivity contribution in [2.45, 2.75) is 31.7 Å². The lowest BCUT2D eigenvalue weighted by molar-refractivity contribution is -0.146. The highest BCUT2D eigenvalue weighted by Gasteiger charge is 2.34. The number of hydrogen-bond acceptors (Lipinski definition) is 4. The lowest BCUT2D eigenvalue weighted by atomic mass is 9.89. The Morgan fingerprint density at radius 3 is 2.93 bits per heavy atom. The summed E-state index contributed by atoms with van der Waals surface area (Å²) >= 11 is 0. The Labute approximate surface area is 85.0 Å². The maximum Gasteiger partial charge on any atom is 0.307 e. The number of likely N-dealkylation sites (N-methyl/N-ethyl adjacent to an activating group) is 1. The first kappa shape index (κ1) is 11.5. The molecule has 1 heterocycles. The predicted octanol–water partition coefficient (Wildman–Crippen LogP) is 0.708. The summed E-state index contributed by atoms with van der Waals surface area (Å²) in [6.07, 6.45) is 2.37. The van der Waals surface area contributed by atoms with Crippen LogP contribution in [0.25, 0.3) is 0 Å². The number of carbonyl (C=O) groups is 1. The number of carbonyl (C=O) groups excluding carboxylic acids is 1. The van der Waals surface area contributed by atoms with Crippen LogP contribution in [-0.2, 0) is 14.3 Å². The molecule has 0 aliphatic carbocycles. The molecule has 1 atom stereocenters. The predicted molar refractivity (Wildman–Crippen MR) is 53.1 cm³/mol. The average molecular weight is 201 g/mol. The van der Waals surface area contributed by atoms with Crippen LogP contribution < -0.4 is 5.32 Å². The van der Waals surface area contributed by atoms with E-state index >= 15 is 0 Å². The first-order valence-electron chi connectivity index (χ1n) is 5.15. The van der Waals surface area contributed by atoms with Crippen LogP contribution in [0.1, 0.15) is 26.2 Å². The molecule has 0 saturated carbocycles. The van der Waals surface area contributed by atoms with Gasteiger partial charge in [-0.25, -0.2) is 0 Å². The normalized spacial score (nSPS) is 27.3. The minimum atomic E-state index is -0.204. The fourth-order valence-corrected chi connectivity index (χ4v) is 1.77.